The first-order valence-corrected chi connectivity index (χ1v) is 5.45. The minimum atomic E-state index is -0.775. The van der Waals surface area contributed by atoms with Crippen molar-refractivity contribution in [3.63, 3.8) is 0 Å². The van der Waals surface area contributed by atoms with Gasteiger partial charge in [-0.15, -0.1) is 0 Å². The van der Waals surface area contributed by atoms with Gasteiger partial charge in [0.1, 0.15) is 0 Å². The Hall–Kier alpha value is -0.610. The van der Waals surface area contributed by atoms with Crippen LogP contribution in [-0.2, 0) is 14.3 Å². The van der Waals surface area contributed by atoms with Gasteiger partial charge < -0.3 is 14.6 Å². The summed E-state index contributed by atoms with van der Waals surface area (Å²) in [4.78, 5) is 10.8. The third kappa shape index (κ3) is 4.18. The first-order valence-electron chi connectivity index (χ1n) is 5.45. The van der Waals surface area contributed by atoms with Crippen molar-refractivity contribution in [3.05, 3.63) is 0 Å². The predicted octanol–water partition coefficient (Wildman–Crippen LogP) is 1.68. The number of hydrogen-bond acceptors (Lipinski definition) is 3. The summed E-state index contributed by atoms with van der Waals surface area (Å²) in [6.07, 6.45) is 2.92. The molecule has 0 aromatic rings. The van der Waals surface area contributed by atoms with Crippen molar-refractivity contribution in [2.24, 2.45) is 5.41 Å². The molecule has 4 heteroatoms. The Bertz CT molecular complexity index is 207. The van der Waals surface area contributed by atoms with Gasteiger partial charge in [0.15, 0.2) is 0 Å². The molecule has 1 saturated heterocycles. The van der Waals surface area contributed by atoms with E-state index in [4.69, 9.17) is 14.6 Å². The molecule has 0 bridgehead atoms. The lowest BCUT2D eigenvalue weighted by Crippen LogP contribution is -2.26. The monoisotopic (exact) mass is 216 g/mol. The van der Waals surface area contributed by atoms with Gasteiger partial charge in [-0.2, -0.15) is 0 Å². The average molecular weight is 216 g/mol. The molecule has 0 amide bonds. The van der Waals surface area contributed by atoms with Crippen molar-refractivity contribution in [2.45, 2.75) is 39.2 Å². The Morgan fingerprint density at radius 2 is 2.33 bits per heavy atom. The van der Waals surface area contributed by atoms with Gasteiger partial charge in [-0.3, -0.25) is 4.79 Å². The minimum absolute atomic E-state index is 0.220. The minimum Gasteiger partial charge on any atom is -0.481 e. The highest BCUT2D eigenvalue weighted by molar-refractivity contribution is 5.73. The van der Waals surface area contributed by atoms with E-state index in [0.29, 0.717) is 19.6 Å². The van der Waals surface area contributed by atoms with E-state index in [1.165, 1.54) is 0 Å². The second-order valence-corrected chi connectivity index (χ2v) is 4.65. The molecule has 1 rings (SSSR count). The van der Waals surface area contributed by atoms with Gasteiger partial charge in [-0.1, -0.05) is 0 Å². The van der Waals surface area contributed by atoms with Crippen molar-refractivity contribution >= 4 is 5.97 Å². The summed E-state index contributed by atoms with van der Waals surface area (Å²) in [5.74, 6) is -0.775. The third-order valence-corrected chi connectivity index (χ3v) is 2.78. The van der Waals surface area contributed by atoms with E-state index in [0.717, 1.165) is 19.4 Å². The first-order chi connectivity index (χ1) is 7.02. The average Bonchev–Trinajstić information content (AvgIpc) is 2.64. The molecule has 1 unspecified atom stereocenters. The normalized spacial score (nSPS) is 21.9. The fourth-order valence-corrected chi connectivity index (χ4v) is 1.42. The molecule has 1 aliphatic heterocycles. The highest BCUT2D eigenvalue weighted by atomic mass is 16.5. The fraction of sp³-hybridized carbons (Fsp3) is 0.909. The van der Waals surface area contributed by atoms with Crippen LogP contribution in [0.5, 0.6) is 0 Å². The molecule has 0 radical (unpaired) electrons. The van der Waals surface area contributed by atoms with E-state index in [2.05, 4.69) is 0 Å². The van der Waals surface area contributed by atoms with Crippen LogP contribution in [0.25, 0.3) is 0 Å². The molecule has 88 valence electrons. The maximum absolute atomic E-state index is 10.8. The van der Waals surface area contributed by atoms with Crippen molar-refractivity contribution < 1.29 is 19.4 Å². The van der Waals surface area contributed by atoms with E-state index in [-0.39, 0.29) is 6.10 Å². The van der Waals surface area contributed by atoms with Crippen LogP contribution in [0, 0.1) is 5.41 Å². The Balaban J connectivity index is 2.08. The highest BCUT2D eigenvalue weighted by Crippen LogP contribution is 2.20. The molecule has 0 spiro atoms. The summed E-state index contributed by atoms with van der Waals surface area (Å²) in [5.41, 5.74) is -0.698. The van der Waals surface area contributed by atoms with Crippen molar-refractivity contribution in [2.75, 3.05) is 19.8 Å². The molecule has 1 fully saturated rings. The zero-order valence-electron chi connectivity index (χ0n) is 9.49. The molecule has 1 aliphatic rings. The molecule has 1 N–H and O–H groups in total. The maximum Gasteiger partial charge on any atom is 0.309 e. The Morgan fingerprint density at radius 1 is 1.60 bits per heavy atom. The van der Waals surface area contributed by atoms with E-state index < -0.39 is 11.4 Å². The van der Waals surface area contributed by atoms with Gasteiger partial charge in [-0.25, -0.2) is 0 Å². The van der Waals surface area contributed by atoms with Crippen molar-refractivity contribution in [1.82, 2.24) is 0 Å². The van der Waals surface area contributed by atoms with Crippen LogP contribution in [0.4, 0.5) is 0 Å². The van der Waals surface area contributed by atoms with Crippen LogP contribution in [0.15, 0.2) is 0 Å². The molecular weight excluding hydrogens is 196 g/mol. The number of aliphatic carboxylic acids is 1. The molecule has 15 heavy (non-hydrogen) atoms. The lowest BCUT2D eigenvalue weighted by Gasteiger charge is -2.19. The van der Waals surface area contributed by atoms with Gasteiger partial charge >= 0.3 is 5.97 Å². The van der Waals surface area contributed by atoms with Crippen LogP contribution < -0.4 is 0 Å². The van der Waals surface area contributed by atoms with Crippen LogP contribution in [-0.4, -0.2) is 37.0 Å². The smallest absolute Gasteiger partial charge is 0.309 e. The van der Waals surface area contributed by atoms with E-state index in [9.17, 15) is 4.79 Å². The number of rotatable bonds is 6. The second-order valence-electron chi connectivity index (χ2n) is 4.65. The lowest BCUT2D eigenvalue weighted by atomic mass is 9.90. The summed E-state index contributed by atoms with van der Waals surface area (Å²) < 4.78 is 10.8. The second kappa shape index (κ2) is 5.47. The number of carboxylic acid groups (broad SMARTS) is 1. The molecular formula is C11H20O4. The largest absolute Gasteiger partial charge is 0.481 e. The van der Waals surface area contributed by atoms with Crippen LogP contribution in [0.1, 0.15) is 33.1 Å². The molecule has 1 heterocycles. The quantitative estimate of drug-likeness (QED) is 0.686. The van der Waals surface area contributed by atoms with E-state index in [1.807, 2.05) is 0 Å². The molecule has 0 saturated carbocycles. The van der Waals surface area contributed by atoms with E-state index in [1.54, 1.807) is 13.8 Å². The van der Waals surface area contributed by atoms with Gasteiger partial charge in [-0.05, 0) is 33.1 Å². The molecule has 0 aliphatic carbocycles. The van der Waals surface area contributed by atoms with Crippen molar-refractivity contribution in [1.29, 1.82) is 0 Å². The summed E-state index contributed by atoms with van der Waals surface area (Å²) >= 11 is 0. The molecule has 0 aromatic heterocycles. The van der Waals surface area contributed by atoms with E-state index >= 15 is 0 Å². The van der Waals surface area contributed by atoms with Crippen LogP contribution >= 0.6 is 0 Å². The molecule has 1 atom stereocenters. The molecule has 0 aromatic carbocycles. The zero-order valence-corrected chi connectivity index (χ0v) is 9.49. The lowest BCUT2D eigenvalue weighted by molar-refractivity contribution is -0.148. The highest BCUT2D eigenvalue weighted by Gasteiger charge is 2.26. The maximum atomic E-state index is 10.8. The fourth-order valence-electron chi connectivity index (χ4n) is 1.42. The Kier molecular flexibility index (Phi) is 4.54. The number of ether oxygens (including phenoxy) is 2. The number of carboxylic acids is 1. The first kappa shape index (κ1) is 12.5. The Labute approximate surface area is 90.6 Å². The zero-order chi connectivity index (χ0) is 11.3. The summed E-state index contributed by atoms with van der Waals surface area (Å²) in [7, 11) is 0. The van der Waals surface area contributed by atoms with Crippen molar-refractivity contribution in [3.8, 4) is 0 Å². The van der Waals surface area contributed by atoms with Gasteiger partial charge in [0.05, 0.1) is 18.1 Å². The predicted molar refractivity (Wildman–Crippen MR) is 55.8 cm³/mol. The summed E-state index contributed by atoms with van der Waals surface area (Å²) in [6.45, 7) is 5.33. The SMILES string of the molecule is CC(C)(CCOCC1CCCO1)C(=O)O. The number of hydrogen-bond donors (Lipinski definition) is 1. The number of carbonyl (C=O) groups is 1. The van der Waals surface area contributed by atoms with Crippen LogP contribution in [0.3, 0.4) is 0 Å². The van der Waals surface area contributed by atoms with Gasteiger partial charge in [0.2, 0.25) is 0 Å². The third-order valence-electron chi connectivity index (χ3n) is 2.78. The Morgan fingerprint density at radius 3 is 2.87 bits per heavy atom. The summed E-state index contributed by atoms with van der Waals surface area (Å²) in [5, 5.41) is 8.87. The van der Waals surface area contributed by atoms with Crippen LogP contribution in [0.2, 0.25) is 0 Å². The standard InChI is InChI=1S/C11H20O4/c1-11(2,10(12)13)5-7-14-8-9-4-3-6-15-9/h9H,3-8H2,1-2H3,(H,12,13). The van der Waals surface area contributed by atoms with Gasteiger partial charge in [0, 0.05) is 13.2 Å². The van der Waals surface area contributed by atoms with Gasteiger partial charge in [0.25, 0.3) is 0 Å². The summed E-state index contributed by atoms with van der Waals surface area (Å²) in [6, 6.07) is 0. The molecule has 4 nitrogen and oxygen atoms in total. The topological polar surface area (TPSA) is 55.8 Å².